The van der Waals surface area contributed by atoms with Crippen molar-refractivity contribution in [1.29, 1.82) is 0 Å². The van der Waals surface area contributed by atoms with Crippen molar-refractivity contribution in [3.05, 3.63) is 22.2 Å². The Hall–Kier alpha value is -1.20. The van der Waals surface area contributed by atoms with Gasteiger partial charge in [-0.1, -0.05) is 18.0 Å². The highest BCUT2D eigenvalue weighted by Gasteiger charge is 2.34. The molecule has 3 unspecified atom stereocenters. The fraction of sp³-hybridized carbons (Fsp3) is 0.625. The van der Waals surface area contributed by atoms with Crippen LogP contribution in [-0.2, 0) is 0 Å². The fourth-order valence-electron chi connectivity index (χ4n) is 3.77. The Balaban J connectivity index is 1.52. The van der Waals surface area contributed by atoms with Crippen LogP contribution in [0.2, 0.25) is 0 Å². The number of nitrogens with zero attached hydrogens (tertiary/aromatic N) is 2. The maximum Gasteiger partial charge on any atom is 0.244 e. The number of hydrogen-bond donors (Lipinski definition) is 1. The Morgan fingerprint density at radius 1 is 1.19 bits per heavy atom. The van der Waals surface area contributed by atoms with Crippen LogP contribution in [0.15, 0.2) is 15.3 Å². The van der Waals surface area contributed by atoms with Gasteiger partial charge in [-0.2, -0.15) is 16.3 Å². The highest BCUT2D eigenvalue weighted by atomic mass is 32.1. The SMILES string of the molecule is Cc1cscc1-c1noc(C2CCC3CCCCC3N2)n1. The van der Waals surface area contributed by atoms with E-state index in [0.29, 0.717) is 6.04 Å². The van der Waals surface area contributed by atoms with Crippen molar-refractivity contribution in [3.63, 3.8) is 0 Å². The van der Waals surface area contributed by atoms with E-state index in [1.807, 2.05) is 0 Å². The molecule has 3 heterocycles. The van der Waals surface area contributed by atoms with Crippen LogP contribution in [0.5, 0.6) is 0 Å². The Morgan fingerprint density at radius 2 is 2.10 bits per heavy atom. The van der Waals surface area contributed by atoms with E-state index in [-0.39, 0.29) is 6.04 Å². The lowest BCUT2D eigenvalue weighted by atomic mass is 9.78. The van der Waals surface area contributed by atoms with E-state index >= 15 is 0 Å². The molecule has 0 bridgehead atoms. The molecule has 1 saturated heterocycles. The minimum atomic E-state index is 0.240. The molecule has 4 nitrogen and oxygen atoms in total. The summed E-state index contributed by atoms with van der Waals surface area (Å²) in [6.45, 7) is 2.09. The second-order valence-corrected chi connectivity index (χ2v) is 7.12. The van der Waals surface area contributed by atoms with Crippen LogP contribution in [0.3, 0.4) is 0 Å². The van der Waals surface area contributed by atoms with Gasteiger partial charge in [0, 0.05) is 17.0 Å². The highest BCUT2D eigenvalue weighted by Crippen LogP contribution is 2.36. The number of rotatable bonds is 2. The summed E-state index contributed by atoms with van der Waals surface area (Å²) in [4.78, 5) is 4.64. The molecule has 4 rings (SSSR count). The van der Waals surface area contributed by atoms with Crippen molar-refractivity contribution in [2.24, 2.45) is 5.92 Å². The van der Waals surface area contributed by atoms with Gasteiger partial charge in [-0.15, -0.1) is 0 Å². The average molecular weight is 303 g/mol. The molecule has 0 amide bonds. The predicted octanol–water partition coefficient (Wildman–Crippen LogP) is 4.09. The largest absolute Gasteiger partial charge is 0.337 e. The molecule has 21 heavy (non-hydrogen) atoms. The summed E-state index contributed by atoms with van der Waals surface area (Å²) in [5.41, 5.74) is 2.32. The molecule has 2 fully saturated rings. The van der Waals surface area contributed by atoms with Crippen molar-refractivity contribution < 1.29 is 4.52 Å². The average Bonchev–Trinajstić information content (AvgIpc) is 3.15. The third-order valence-electron chi connectivity index (χ3n) is 4.99. The highest BCUT2D eigenvalue weighted by molar-refractivity contribution is 7.08. The summed E-state index contributed by atoms with van der Waals surface area (Å²) in [5, 5.41) is 12.1. The minimum absolute atomic E-state index is 0.240. The first-order chi connectivity index (χ1) is 10.3. The lowest BCUT2D eigenvalue weighted by Crippen LogP contribution is -2.44. The van der Waals surface area contributed by atoms with Crippen LogP contribution >= 0.6 is 11.3 Å². The smallest absolute Gasteiger partial charge is 0.244 e. The van der Waals surface area contributed by atoms with E-state index in [1.54, 1.807) is 11.3 Å². The number of aryl methyl sites for hydroxylation is 1. The standard InChI is InChI=1S/C16H21N3OS/c1-10-8-21-9-12(10)15-18-16(20-19-15)14-7-6-11-4-2-3-5-13(11)17-14/h8-9,11,13-14,17H,2-7H2,1H3. The van der Waals surface area contributed by atoms with Crippen LogP contribution in [0.4, 0.5) is 0 Å². The number of fused-ring (bicyclic) bond motifs is 1. The molecular weight excluding hydrogens is 282 g/mol. The van der Waals surface area contributed by atoms with Gasteiger partial charge in [-0.25, -0.2) is 0 Å². The van der Waals surface area contributed by atoms with Crippen molar-refractivity contribution in [3.8, 4) is 11.4 Å². The van der Waals surface area contributed by atoms with Gasteiger partial charge in [-0.05, 0) is 49.5 Å². The molecule has 1 N–H and O–H groups in total. The summed E-state index contributed by atoms with van der Waals surface area (Å²) in [5.74, 6) is 2.35. The molecule has 0 aromatic carbocycles. The van der Waals surface area contributed by atoms with E-state index in [9.17, 15) is 0 Å². The summed E-state index contributed by atoms with van der Waals surface area (Å²) >= 11 is 1.68. The van der Waals surface area contributed by atoms with Crippen molar-refractivity contribution >= 4 is 11.3 Å². The summed E-state index contributed by atoms with van der Waals surface area (Å²) in [6.07, 6.45) is 7.84. The van der Waals surface area contributed by atoms with Gasteiger partial charge in [-0.3, -0.25) is 0 Å². The van der Waals surface area contributed by atoms with E-state index in [2.05, 4.69) is 33.1 Å². The van der Waals surface area contributed by atoms with E-state index in [4.69, 9.17) is 4.52 Å². The Labute approximate surface area is 129 Å². The Kier molecular flexibility index (Phi) is 3.55. The van der Waals surface area contributed by atoms with E-state index < -0.39 is 0 Å². The molecular formula is C16H21N3OS. The third kappa shape index (κ3) is 2.53. The predicted molar refractivity (Wildman–Crippen MR) is 83.2 cm³/mol. The maximum absolute atomic E-state index is 5.54. The number of thiophene rings is 1. The van der Waals surface area contributed by atoms with Crippen molar-refractivity contribution in [1.82, 2.24) is 15.5 Å². The van der Waals surface area contributed by atoms with Crippen LogP contribution in [0.25, 0.3) is 11.4 Å². The number of aromatic nitrogens is 2. The maximum atomic E-state index is 5.54. The van der Waals surface area contributed by atoms with Crippen LogP contribution < -0.4 is 5.32 Å². The molecule has 1 aliphatic heterocycles. The van der Waals surface area contributed by atoms with Crippen LogP contribution in [-0.4, -0.2) is 16.2 Å². The monoisotopic (exact) mass is 303 g/mol. The minimum Gasteiger partial charge on any atom is -0.337 e. The molecule has 3 atom stereocenters. The van der Waals surface area contributed by atoms with Crippen LogP contribution in [0, 0.1) is 12.8 Å². The zero-order valence-corrected chi connectivity index (χ0v) is 13.2. The number of hydrogen-bond acceptors (Lipinski definition) is 5. The Bertz CT molecular complexity index is 621. The molecule has 2 aromatic heterocycles. The van der Waals surface area contributed by atoms with Gasteiger partial charge in [0.05, 0.1) is 6.04 Å². The zero-order chi connectivity index (χ0) is 14.2. The topological polar surface area (TPSA) is 51.0 Å². The van der Waals surface area contributed by atoms with Gasteiger partial charge in [0.25, 0.3) is 0 Å². The van der Waals surface area contributed by atoms with E-state index in [0.717, 1.165) is 29.6 Å². The van der Waals surface area contributed by atoms with Crippen molar-refractivity contribution in [2.75, 3.05) is 0 Å². The second-order valence-electron chi connectivity index (χ2n) is 6.37. The first-order valence-corrected chi connectivity index (χ1v) is 8.88. The van der Waals surface area contributed by atoms with Gasteiger partial charge < -0.3 is 9.84 Å². The summed E-state index contributed by atoms with van der Waals surface area (Å²) in [7, 11) is 0. The summed E-state index contributed by atoms with van der Waals surface area (Å²) in [6, 6.07) is 0.889. The zero-order valence-electron chi connectivity index (χ0n) is 12.3. The van der Waals surface area contributed by atoms with E-state index in [1.165, 1.54) is 37.7 Å². The molecule has 2 aromatic rings. The third-order valence-corrected chi connectivity index (χ3v) is 5.85. The van der Waals surface area contributed by atoms with Gasteiger partial charge in [0.1, 0.15) is 0 Å². The molecule has 1 saturated carbocycles. The van der Waals surface area contributed by atoms with Gasteiger partial charge in [0.2, 0.25) is 11.7 Å². The lowest BCUT2D eigenvalue weighted by Gasteiger charge is -2.39. The summed E-state index contributed by atoms with van der Waals surface area (Å²) < 4.78 is 5.54. The molecule has 2 aliphatic rings. The Morgan fingerprint density at radius 3 is 2.95 bits per heavy atom. The van der Waals surface area contributed by atoms with Gasteiger partial charge >= 0.3 is 0 Å². The normalized spacial score (nSPS) is 29.3. The molecule has 112 valence electrons. The lowest BCUT2D eigenvalue weighted by molar-refractivity contribution is 0.158. The molecule has 1 aliphatic carbocycles. The fourth-order valence-corrected chi connectivity index (χ4v) is 4.59. The first kappa shape index (κ1) is 13.5. The number of nitrogens with one attached hydrogen (secondary N) is 1. The quantitative estimate of drug-likeness (QED) is 0.908. The van der Waals surface area contributed by atoms with Gasteiger partial charge in [0.15, 0.2) is 0 Å². The second kappa shape index (κ2) is 5.54. The first-order valence-electron chi connectivity index (χ1n) is 7.94. The molecule has 0 radical (unpaired) electrons. The van der Waals surface area contributed by atoms with Crippen molar-refractivity contribution in [2.45, 2.75) is 57.5 Å². The van der Waals surface area contributed by atoms with Crippen LogP contribution in [0.1, 0.15) is 56.0 Å². The number of piperidine rings is 1. The molecule has 0 spiro atoms. The molecule has 5 heteroatoms.